The van der Waals surface area contributed by atoms with Gasteiger partial charge in [-0.05, 0) is 6.92 Å². The van der Waals surface area contributed by atoms with E-state index in [1.165, 1.54) is 6.39 Å². The Morgan fingerprint density at radius 1 is 1.38 bits per heavy atom. The van der Waals surface area contributed by atoms with Crippen molar-refractivity contribution in [3.8, 4) is 11.5 Å². The van der Waals surface area contributed by atoms with Gasteiger partial charge in [0.15, 0.2) is 12.2 Å². The van der Waals surface area contributed by atoms with E-state index >= 15 is 0 Å². The number of nitrogens with zero attached hydrogens (tertiary/aromatic N) is 4. The van der Waals surface area contributed by atoms with Crippen LogP contribution in [-0.2, 0) is 13.0 Å². The third-order valence-corrected chi connectivity index (χ3v) is 3.68. The van der Waals surface area contributed by atoms with Gasteiger partial charge in [0.1, 0.15) is 17.3 Å². The van der Waals surface area contributed by atoms with Gasteiger partial charge in [-0.3, -0.25) is 0 Å². The zero-order chi connectivity index (χ0) is 11.0. The first-order valence-corrected chi connectivity index (χ1v) is 6.42. The standard InChI is InChI=1S/C10H12N4OS/c1-7-9(11-6-15-7)10-13-12-8-2-4-16-5-3-14(8)10/h6H,2-5H2,1H3. The van der Waals surface area contributed by atoms with Gasteiger partial charge < -0.3 is 8.98 Å². The average molecular weight is 236 g/mol. The second-order valence-electron chi connectivity index (χ2n) is 3.71. The Kier molecular flexibility index (Phi) is 2.43. The third-order valence-electron chi connectivity index (χ3n) is 2.71. The lowest BCUT2D eigenvalue weighted by atomic mass is 10.3. The van der Waals surface area contributed by atoms with Crippen LogP contribution in [0.1, 0.15) is 11.6 Å². The lowest BCUT2D eigenvalue weighted by Crippen LogP contribution is -2.05. The van der Waals surface area contributed by atoms with Gasteiger partial charge in [-0.15, -0.1) is 10.2 Å². The topological polar surface area (TPSA) is 56.7 Å². The minimum Gasteiger partial charge on any atom is -0.448 e. The van der Waals surface area contributed by atoms with Gasteiger partial charge in [0.25, 0.3) is 0 Å². The molecule has 0 amide bonds. The Morgan fingerprint density at radius 2 is 2.31 bits per heavy atom. The summed E-state index contributed by atoms with van der Waals surface area (Å²) in [5, 5.41) is 8.46. The molecular weight excluding hydrogens is 224 g/mol. The first-order valence-electron chi connectivity index (χ1n) is 5.26. The number of oxazole rings is 1. The van der Waals surface area contributed by atoms with E-state index in [-0.39, 0.29) is 0 Å². The van der Waals surface area contributed by atoms with Crippen LogP contribution in [0.15, 0.2) is 10.8 Å². The number of fused-ring (bicyclic) bond motifs is 1. The van der Waals surface area contributed by atoms with Crippen LogP contribution in [0.2, 0.25) is 0 Å². The lowest BCUT2D eigenvalue weighted by molar-refractivity contribution is 0.527. The summed E-state index contributed by atoms with van der Waals surface area (Å²) in [5.41, 5.74) is 0.811. The van der Waals surface area contributed by atoms with E-state index in [0.29, 0.717) is 0 Å². The summed E-state index contributed by atoms with van der Waals surface area (Å²) in [4.78, 5) is 4.20. The average Bonchev–Trinajstić information content (AvgIpc) is 2.78. The summed E-state index contributed by atoms with van der Waals surface area (Å²) in [6.45, 7) is 2.85. The van der Waals surface area contributed by atoms with E-state index in [0.717, 1.165) is 47.6 Å². The van der Waals surface area contributed by atoms with Gasteiger partial charge in [-0.2, -0.15) is 11.8 Å². The summed E-state index contributed by atoms with van der Waals surface area (Å²) < 4.78 is 7.37. The molecule has 2 aromatic heterocycles. The maximum atomic E-state index is 5.21. The number of aryl methyl sites for hydroxylation is 2. The number of hydrogen-bond donors (Lipinski definition) is 0. The Hall–Kier alpha value is -1.30. The van der Waals surface area contributed by atoms with E-state index in [2.05, 4.69) is 19.7 Å². The Bertz CT molecular complexity index is 505. The van der Waals surface area contributed by atoms with Crippen LogP contribution in [0.3, 0.4) is 0 Å². The van der Waals surface area contributed by atoms with Crippen molar-refractivity contribution in [1.82, 2.24) is 19.7 Å². The number of rotatable bonds is 1. The Balaban J connectivity index is 2.09. The highest BCUT2D eigenvalue weighted by molar-refractivity contribution is 7.99. The molecule has 0 aromatic carbocycles. The van der Waals surface area contributed by atoms with Crippen LogP contribution in [0.5, 0.6) is 0 Å². The molecule has 0 saturated carbocycles. The molecule has 16 heavy (non-hydrogen) atoms. The lowest BCUT2D eigenvalue weighted by Gasteiger charge is -2.04. The van der Waals surface area contributed by atoms with Crippen molar-refractivity contribution < 1.29 is 4.42 Å². The molecule has 1 aliphatic rings. The number of thioether (sulfide) groups is 1. The maximum Gasteiger partial charge on any atom is 0.186 e. The molecule has 0 radical (unpaired) electrons. The van der Waals surface area contributed by atoms with Crippen molar-refractivity contribution in [2.45, 2.75) is 19.9 Å². The van der Waals surface area contributed by atoms with Crippen LogP contribution in [0, 0.1) is 6.92 Å². The maximum absolute atomic E-state index is 5.21. The van der Waals surface area contributed by atoms with E-state index in [1.54, 1.807) is 0 Å². The molecule has 6 heteroatoms. The molecule has 0 N–H and O–H groups in total. The van der Waals surface area contributed by atoms with Crippen molar-refractivity contribution >= 4 is 11.8 Å². The summed E-state index contributed by atoms with van der Waals surface area (Å²) in [7, 11) is 0. The van der Waals surface area contributed by atoms with Crippen LogP contribution >= 0.6 is 11.8 Å². The van der Waals surface area contributed by atoms with Crippen molar-refractivity contribution in [1.29, 1.82) is 0 Å². The van der Waals surface area contributed by atoms with Crippen LogP contribution in [0.4, 0.5) is 0 Å². The molecule has 0 spiro atoms. The second-order valence-corrected chi connectivity index (χ2v) is 4.94. The Labute approximate surface area is 97.3 Å². The van der Waals surface area contributed by atoms with Gasteiger partial charge in [-0.1, -0.05) is 0 Å². The SMILES string of the molecule is Cc1ocnc1-c1nnc2n1CCSCC2. The molecule has 0 atom stereocenters. The smallest absolute Gasteiger partial charge is 0.186 e. The third kappa shape index (κ3) is 1.53. The molecule has 2 aromatic rings. The van der Waals surface area contributed by atoms with Crippen molar-refractivity contribution in [2.24, 2.45) is 0 Å². The van der Waals surface area contributed by atoms with Gasteiger partial charge in [0.05, 0.1) is 0 Å². The summed E-state index contributed by atoms with van der Waals surface area (Å²) >= 11 is 1.95. The molecule has 0 bridgehead atoms. The molecule has 0 saturated heterocycles. The zero-order valence-electron chi connectivity index (χ0n) is 9.01. The van der Waals surface area contributed by atoms with Crippen molar-refractivity contribution in [3.63, 3.8) is 0 Å². The fraction of sp³-hybridized carbons (Fsp3) is 0.500. The highest BCUT2D eigenvalue weighted by Crippen LogP contribution is 2.23. The molecule has 3 rings (SSSR count). The fourth-order valence-corrected chi connectivity index (χ4v) is 2.71. The zero-order valence-corrected chi connectivity index (χ0v) is 9.83. The summed E-state index contributed by atoms with van der Waals surface area (Å²) in [6, 6.07) is 0. The van der Waals surface area contributed by atoms with Crippen molar-refractivity contribution in [3.05, 3.63) is 18.0 Å². The molecule has 0 fully saturated rings. The fourth-order valence-electron chi connectivity index (χ4n) is 1.87. The largest absolute Gasteiger partial charge is 0.448 e. The van der Waals surface area contributed by atoms with E-state index in [9.17, 15) is 0 Å². The van der Waals surface area contributed by atoms with Gasteiger partial charge in [0.2, 0.25) is 0 Å². The van der Waals surface area contributed by atoms with Crippen molar-refractivity contribution in [2.75, 3.05) is 11.5 Å². The minimum absolute atomic E-state index is 0.798. The summed E-state index contributed by atoms with van der Waals surface area (Å²) in [5.74, 6) is 4.92. The predicted octanol–water partition coefficient (Wildman–Crippen LogP) is 1.53. The van der Waals surface area contributed by atoms with Crippen LogP contribution in [0.25, 0.3) is 11.5 Å². The molecule has 1 aliphatic heterocycles. The number of hydrogen-bond acceptors (Lipinski definition) is 5. The normalized spacial score (nSPS) is 15.8. The van der Waals surface area contributed by atoms with Gasteiger partial charge in [0, 0.05) is 24.5 Å². The van der Waals surface area contributed by atoms with E-state index in [4.69, 9.17) is 4.42 Å². The molecule has 0 unspecified atom stereocenters. The highest BCUT2D eigenvalue weighted by Gasteiger charge is 2.19. The molecule has 5 nitrogen and oxygen atoms in total. The predicted molar refractivity (Wildman–Crippen MR) is 61.3 cm³/mol. The molecular formula is C10H12N4OS. The van der Waals surface area contributed by atoms with E-state index < -0.39 is 0 Å². The van der Waals surface area contributed by atoms with Crippen LogP contribution in [-0.4, -0.2) is 31.3 Å². The van der Waals surface area contributed by atoms with Gasteiger partial charge in [-0.25, -0.2) is 4.98 Å². The highest BCUT2D eigenvalue weighted by atomic mass is 32.2. The van der Waals surface area contributed by atoms with Gasteiger partial charge >= 0.3 is 0 Å². The monoisotopic (exact) mass is 236 g/mol. The van der Waals surface area contributed by atoms with E-state index in [1.807, 2.05) is 18.7 Å². The first-order chi connectivity index (χ1) is 7.86. The first kappa shape index (κ1) is 9.89. The molecule has 84 valence electrons. The molecule has 0 aliphatic carbocycles. The number of aromatic nitrogens is 4. The summed E-state index contributed by atoms with van der Waals surface area (Å²) in [6.07, 6.45) is 2.44. The second kappa shape index (κ2) is 3.93. The Morgan fingerprint density at radius 3 is 3.12 bits per heavy atom. The molecule has 3 heterocycles. The quantitative estimate of drug-likeness (QED) is 0.751. The van der Waals surface area contributed by atoms with Crippen LogP contribution < -0.4 is 0 Å². The minimum atomic E-state index is 0.798.